The van der Waals surface area contributed by atoms with E-state index in [0.717, 1.165) is 24.2 Å². The van der Waals surface area contributed by atoms with Crippen LogP contribution in [-0.4, -0.2) is 66.3 Å². The van der Waals surface area contributed by atoms with Gasteiger partial charge in [-0.05, 0) is 31.0 Å². The lowest BCUT2D eigenvalue weighted by molar-refractivity contribution is -0.136. The van der Waals surface area contributed by atoms with E-state index >= 15 is 0 Å². The summed E-state index contributed by atoms with van der Waals surface area (Å²) in [5.74, 6) is -0.395. The highest BCUT2D eigenvalue weighted by molar-refractivity contribution is 6.10. The number of nitrogens with one attached hydrogen (secondary N) is 1. The minimum atomic E-state index is -0.804. The highest BCUT2D eigenvalue weighted by atomic mass is 16.5. The van der Waals surface area contributed by atoms with Crippen molar-refractivity contribution in [2.45, 2.75) is 37.6 Å². The van der Waals surface area contributed by atoms with Gasteiger partial charge in [-0.3, -0.25) is 19.3 Å². The number of carbonyl (C=O) groups is 4. The molecule has 1 N–H and O–H groups in total. The maximum atomic E-state index is 13.0. The lowest BCUT2D eigenvalue weighted by Gasteiger charge is -2.35. The largest absolute Gasteiger partial charge is 0.482 e. The summed E-state index contributed by atoms with van der Waals surface area (Å²) in [5.41, 5.74) is 0.203. The van der Waals surface area contributed by atoms with Gasteiger partial charge in [-0.25, -0.2) is 4.79 Å². The Balaban J connectivity index is 1.47. The maximum absolute atomic E-state index is 13.0. The lowest BCUT2D eigenvalue weighted by Crippen LogP contribution is -2.49. The van der Waals surface area contributed by atoms with Crippen molar-refractivity contribution >= 4 is 35.1 Å². The van der Waals surface area contributed by atoms with E-state index in [4.69, 9.17) is 4.74 Å². The summed E-state index contributed by atoms with van der Waals surface area (Å²) >= 11 is 0. The summed E-state index contributed by atoms with van der Waals surface area (Å²) < 4.78 is 5.37. The first kappa shape index (κ1) is 19.2. The average Bonchev–Trinajstić information content (AvgIpc) is 2.88. The number of urea groups is 1. The van der Waals surface area contributed by atoms with Crippen LogP contribution in [0.2, 0.25) is 0 Å². The number of hydrogen-bond donors (Lipinski definition) is 1. The first-order chi connectivity index (χ1) is 13.8. The first-order valence-electron chi connectivity index (χ1n) is 9.76. The second-order valence-corrected chi connectivity index (χ2v) is 7.80. The molecule has 1 saturated heterocycles. The van der Waals surface area contributed by atoms with Gasteiger partial charge in [0.05, 0.1) is 5.69 Å². The number of carbonyl (C=O) groups excluding carboxylic acids is 4. The molecule has 29 heavy (non-hydrogen) atoms. The molecule has 9 heteroatoms. The molecule has 1 aliphatic carbocycles. The molecule has 1 spiro atoms. The second kappa shape index (κ2) is 7.06. The van der Waals surface area contributed by atoms with E-state index in [-0.39, 0.29) is 25.0 Å². The fraction of sp³-hybridized carbons (Fsp3) is 0.500. The molecule has 3 aliphatic rings. The Bertz CT molecular complexity index is 893. The Kier molecular flexibility index (Phi) is 4.68. The lowest BCUT2D eigenvalue weighted by atomic mass is 9.81. The van der Waals surface area contributed by atoms with Crippen LogP contribution in [0.25, 0.3) is 0 Å². The Morgan fingerprint density at radius 2 is 1.86 bits per heavy atom. The SMILES string of the molecule is CN1C(=O)COc2ccc(NC(=O)CN3C(=O)N(C)C4(CCCCC4)C3=O)cc21. The number of benzene rings is 1. The monoisotopic (exact) mass is 400 g/mol. The van der Waals surface area contributed by atoms with Crippen LogP contribution >= 0.6 is 0 Å². The van der Waals surface area contributed by atoms with Gasteiger partial charge in [-0.1, -0.05) is 19.3 Å². The standard InChI is InChI=1S/C20H24N4O5/c1-22-14-10-13(6-7-15(14)29-12-17(22)26)21-16(25)11-24-18(27)20(23(2)19(24)28)8-4-3-5-9-20/h6-7,10H,3-5,8-9,11-12H2,1-2H3,(H,21,25). The van der Waals surface area contributed by atoms with Gasteiger partial charge < -0.3 is 19.9 Å². The molecule has 1 aromatic rings. The molecule has 4 rings (SSSR count). The van der Waals surface area contributed by atoms with Gasteiger partial charge in [-0.2, -0.15) is 0 Å². The smallest absolute Gasteiger partial charge is 0.327 e. The van der Waals surface area contributed by atoms with Crippen LogP contribution in [-0.2, 0) is 14.4 Å². The van der Waals surface area contributed by atoms with Crippen molar-refractivity contribution < 1.29 is 23.9 Å². The molecule has 0 unspecified atom stereocenters. The topological polar surface area (TPSA) is 99.3 Å². The molecule has 2 fully saturated rings. The summed E-state index contributed by atoms with van der Waals surface area (Å²) in [6, 6.07) is 4.52. The van der Waals surface area contributed by atoms with Crippen molar-refractivity contribution in [3.8, 4) is 5.75 Å². The van der Waals surface area contributed by atoms with Crippen molar-refractivity contribution in [1.29, 1.82) is 0 Å². The number of imide groups is 1. The number of likely N-dealkylation sites (N-methyl/N-ethyl adjacent to an activating group) is 2. The van der Waals surface area contributed by atoms with Crippen molar-refractivity contribution in [3.05, 3.63) is 18.2 Å². The predicted octanol–water partition coefficient (Wildman–Crippen LogP) is 1.58. The zero-order valence-corrected chi connectivity index (χ0v) is 16.6. The number of fused-ring (bicyclic) bond motifs is 1. The number of nitrogens with zero attached hydrogens (tertiary/aromatic N) is 3. The van der Waals surface area contributed by atoms with Gasteiger partial charge >= 0.3 is 6.03 Å². The fourth-order valence-corrected chi connectivity index (χ4v) is 4.37. The number of hydrogen-bond acceptors (Lipinski definition) is 5. The maximum Gasteiger partial charge on any atom is 0.327 e. The van der Waals surface area contributed by atoms with Crippen molar-refractivity contribution in [1.82, 2.24) is 9.80 Å². The third kappa shape index (κ3) is 3.10. The Morgan fingerprint density at radius 3 is 2.59 bits per heavy atom. The molecule has 5 amide bonds. The predicted molar refractivity (Wildman–Crippen MR) is 105 cm³/mol. The van der Waals surface area contributed by atoms with Crippen LogP contribution in [0.15, 0.2) is 18.2 Å². The molecule has 0 aromatic heterocycles. The van der Waals surface area contributed by atoms with Crippen LogP contribution in [0.5, 0.6) is 5.75 Å². The van der Waals surface area contributed by atoms with Crippen molar-refractivity contribution in [3.63, 3.8) is 0 Å². The van der Waals surface area contributed by atoms with Gasteiger partial charge in [0.2, 0.25) is 5.91 Å². The third-order valence-electron chi connectivity index (χ3n) is 6.11. The summed E-state index contributed by atoms with van der Waals surface area (Å²) in [5, 5.41) is 2.70. The Morgan fingerprint density at radius 1 is 1.14 bits per heavy atom. The molecule has 9 nitrogen and oxygen atoms in total. The van der Waals surface area contributed by atoms with Crippen LogP contribution in [0.3, 0.4) is 0 Å². The van der Waals surface area contributed by atoms with E-state index < -0.39 is 17.5 Å². The number of anilines is 2. The highest BCUT2D eigenvalue weighted by Gasteiger charge is 2.55. The number of amides is 5. The first-order valence-corrected chi connectivity index (χ1v) is 9.76. The molecule has 1 aromatic carbocycles. The van der Waals surface area contributed by atoms with Crippen LogP contribution in [0.1, 0.15) is 32.1 Å². The van der Waals surface area contributed by atoms with E-state index in [0.29, 0.717) is 30.0 Å². The molecule has 0 atom stereocenters. The summed E-state index contributed by atoms with van der Waals surface area (Å²) in [4.78, 5) is 54.0. The van der Waals surface area contributed by atoms with Crippen LogP contribution in [0, 0.1) is 0 Å². The molecule has 154 valence electrons. The van der Waals surface area contributed by atoms with Crippen molar-refractivity contribution in [2.75, 3.05) is 37.5 Å². The van der Waals surface area contributed by atoms with E-state index in [1.807, 2.05) is 0 Å². The third-order valence-corrected chi connectivity index (χ3v) is 6.11. The summed E-state index contributed by atoms with van der Waals surface area (Å²) in [7, 11) is 3.27. The van der Waals surface area contributed by atoms with Gasteiger partial charge in [0.1, 0.15) is 17.8 Å². The van der Waals surface area contributed by atoms with Crippen LogP contribution in [0.4, 0.5) is 16.2 Å². The summed E-state index contributed by atoms with van der Waals surface area (Å²) in [6.45, 7) is -0.365. The summed E-state index contributed by atoms with van der Waals surface area (Å²) in [6.07, 6.45) is 4.12. The molecule has 2 heterocycles. The zero-order chi connectivity index (χ0) is 20.8. The van der Waals surface area contributed by atoms with E-state index in [1.165, 1.54) is 9.80 Å². The van der Waals surface area contributed by atoms with Gasteiger partial charge in [0.15, 0.2) is 6.61 Å². The number of ether oxygens (including phenoxy) is 1. The molecule has 0 bridgehead atoms. The molecular weight excluding hydrogens is 376 g/mol. The van der Waals surface area contributed by atoms with E-state index in [9.17, 15) is 19.2 Å². The van der Waals surface area contributed by atoms with Gasteiger partial charge in [0.25, 0.3) is 11.8 Å². The second-order valence-electron chi connectivity index (χ2n) is 7.80. The van der Waals surface area contributed by atoms with Crippen molar-refractivity contribution in [2.24, 2.45) is 0 Å². The van der Waals surface area contributed by atoms with Gasteiger partial charge in [-0.15, -0.1) is 0 Å². The van der Waals surface area contributed by atoms with E-state index in [1.54, 1.807) is 32.3 Å². The minimum absolute atomic E-state index is 0.0242. The molecule has 0 radical (unpaired) electrons. The Hall–Kier alpha value is -3.10. The zero-order valence-electron chi connectivity index (χ0n) is 16.6. The highest BCUT2D eigenvalue weighted by Crippen LogP contribution is 2.39. The molecule has 1 saturated carbocycles. The normalized spacial score (nSPS) is 20.8. The fourth-order valence-electron chi connectivity index (χ4n) is 4.37. The Labute approximate surface area is 168 Å². The molecular formula is C20H24N4O5. The quantitative estimate of drug-likeness (QED) is 0.777. The number of rotatable bonds is 3. The molecule has 2 aliphatic heterocycles. The average molecular weight is 400 g/mol. The minimum Gasteiger partial charge on any atom is -0.482 e. The van der Waals surface area contributed by atoms with Gasteiger partial charge in [0, 0.05) is 19.8 Å². The van der Waals surface area contributed by atoms with E-state index in [2.05, 4.69) is 5.32 Å². The van der Waals surface area contributed by atoms with Crippen LogP contribution < -0.4 is 15.0 Å².